The number of aliphatic hydroxyl groups excluding tert-OH is 1. The third kappa shape index (κ3) is 4.75. The van der Waals surface area contributed by atoms with Crippen LogP contribution in [0.3, 0.4) is 0 Å². The second kappa shape index (κ2) is 10.0. The number of nitrogens with zero attached hydrogens (tertiary/aromatic N) is 1. The fraction of sp³-hybridized carbons (Fsp3) is 0.214. The summed E-state index contributed by atoms with van der Waals surface area (Å²) in [4.78, 5) is 27.6. The summed E-state index contributed by atoms with van der Waals surface area (Å²) < 4.78 is 24.8. The van der Waals surface area contributed by atoms with Gasteiger partial charge in [0, 0.05) is 12.1 Å². The molecule has 4 rings (SSSR count). The van der Waals surface area contributed by atoms with Gasteiger partial charge in [-0.25, -0.2) is 4.39 Å². The van der Waals surface area contributed by atoms with Crippen LogP contribution in [0.5, 0.6) is 11.5 Å². The van der Waals surface area contributed by atoms with E-state index in [-0.39, 0.29) is 17.9 Å². The van der Waals surface area contributed by atoms with Gasteiger partial charge in [-0.05, 0) is 48.7 Å². The number of ketones is 1. The number of likely N-dealkylation sites (tertiary alicyclic amines) is 1. The summed E-state index contributed by atoms with van der Waals surface area (Å²) in [7, 11) is 3.08. The van der Waals surface area contributed by atoms with E-state index in [1.54, 1.807) is 49.6 Å². The lowest BCUT2D eigenvalue weighted by atomic mass is 9.95. The van der Waals surface area contributed by atoms with Gasteiger partial charge in [0.25, 0.3) is 11.7 Å². The van der Waals surface area contributed by atoms with Crippen LogP contribution in [0.15, 0.2) is 72.3 Å². The first kappa shape index (κ1) is 24.0. The first-order valence-electron chi connectivity index (χ1n) is 11.2. The highest BCUT2D eigenvalue weighted by Crippen LogP contribution is 2.40. The Kier molecular flexibility index (Phi) is 6.87. The van der Waals surface area contributed by atoms with Crippen molar-refractivity contribution in [2.75, 3.05) is 20.8 Å². The summed E-state index contributed by atoms with van der Waals surface area (Å²) in [5, 5.41) is 11.1. The molecule has 1 aliphatic rings. The average molecular weight is 476 g/mol. The van der Waals surface area contributed by atoms with Crippen LogP contribution in [0.1, 0.15) is 28.3 Å². The Bertz CT molecular complexity index is 1300. The smallest absolute Gasteiger partial charge is 0.295 e. The van der Waals surface area contributed by atoms with E-state index in [2.05, 4.69) is 0 Å². The first-order chi connectivity index (χ1) is 16.8. The second-order valence-electron chi connectivity index (χ2n) is 8.35. The predicted molar refractivity (Wildman–Crippen MR) is 130 cm³/mol. The summed E-state index contributed by atoms with van der Waals surface area (Å²) in [6.45, 7) is 2.08. The molecule has 0 radical (unpaired) electrons. The van der Waals surface area contributed by atoms with Gasteiger partial charge < -0.3 is 19.5 Å². The number of ether oxygens (including phenoxy) is 2. The Morgan fingerprint density at radius 1 is 0.971 bits per heavy atom. The molecule has 0 bridgehead atoms. The molecule has 1 amide bonds. The van der Waals surface area contributed by atoms with Gasteiger partial charge in [0.1, 0.15) is 11.6 Å². The molecule has 3 aromatic rings. The molecule has 1 saturated heterocycles. The van der Waals surface area contributed by atoms with Gasteiger partial charge in [0.15, 0.2) is 11.5 Å². The summed E-state index contributed by atoms with van der Waals surface area (Å²) >= 11 is 0. The molecule has 0 unspecified atom stereocenters. The minimum atomic E-state index is -0.924. The summed E-state index contributed by atoms with van der Waals surface area (Å²) in [5.41, 5.74) is 2.61. The summed E-state index contributed by atoms with van der Waals surface area (Å²) in [6, 6.07) is 17.2. The maximum absolute atomic E-state index is 14.2. The first-order valence-corrected chi connectivity index (χ1v) is 11.2. The Morgan fingerprint density at radius 2 is 1.69 bits per heavy atom. The maximum Gasteiger partial charge on any atom is 0.295 e. The van der Waals surface area contributed by atoms with E-state index in [9.17, 15) is 19.1 Å². The van der Waals surface area contributed by atoms with Gasteiger partial charge in [-0.3, -0.25) is 9.59 Å². The van der Waals surface area contributed by atoms with Crippen LogP contribution in [0.4, 0.5) is 4.39 Å². The number of methoxy groups -OCH3 is 2. The Labute approximate surface area is 203 Å². The number of aryl methyl sites for hydroxylation is 1. The number of carbonyl (C=O) groups is 2. The number of rotatable bonds is 7. The van der Waals surface area contributed by atoms with Crippen LogP contribution in [0.2, 0.25) is 0 Å². The summed E-state index contributed by atoms with van der Waals surface area (Å²) in [5.74, 6) is -1.20. The van der Waals surface area contributed by atoms with E-state index >= 15 is 0 Å². The third-order valence-corrected chi connectivity index (χ3v) is 6.12. The highest BCUT2D eigenvalue weighted by molar-refractivity contribution is 6.46. The van der Waals surface area contributed by atoms with E-state index in [0.29, 0.717) is 29.0 Å². The van der Waals surface area contributed by atoms with Crippen molar-refractivity contribution in [1.82, 2.24) is 4.90 Å². The molecule has 0 spiro atoms. The highest BCUT2D eigenvalue weighted by Gasteiger charge is 2.45. The largest absolute Gasteiger partial charge is 0.507 e. The van der Waals surface area contributed by atoms with Crippen molar-refractivity contribution in [2.24, 2.45) is 0 Å². The quantitative estimate of drug-likeness (QED) is 0.301. The van der Waals surface area contributed by atoms with Crippen LogP contribution < -0.4 is 9.47 Å². The lowest BCUT2D eigenvalue weighted by Crippen LogP contribution is -2.31. The zero-order valence-electron chi connectivity index (χ0n) is 19.7. The number of hydrogen-bond donors (Lipinski definition) is 1. The molecular formula is C28H26FNO5. The Morgan fingerprint density at radius 3 is 2.34 bits per heavy atom. The van der Waals surface area contributed by atoms with Crippen molar-refractivity contribution in [1.29, 1.82) is 0 Å². The minimum Gasteiger partial charge on any atom is -0.507 e. The monoisotopic (exact) mass is 475 g/mol. The normalized spacial score (nSPS) is 17.0. The molecule has 0 saturated carbocycles. The number of carbonyl (C=O) groups excluding carboxylic acids is 2. The lowest BCUT2D eigenvalue weighted by Gasteiger charge is -2.25. The highest BCUT2D eigenvalue weighted by atomic mass is 19.1. The molecule has 180 valence electrons. The van der Waals surface area contributed by atoms with E-state index < -0.39 is 23.5 Å². The zero-order valence-corrected chi connectivity index (χ0v) is 19.7. The molecule has 1 atom stereocenters. The van der Waals surface area contributed by atoms with Gasteiger partial charge in [-0.1, -0.05) is 48.0 Å². The van der Waals surface area contributed by atoms with Crippen molar-refractivity contribution >= 4 is 17.4 Å². The van der Waals surface area contributed by atoms with Crippen molar-refractivity contribution in [3.8, 4) is 11.5 Å². The molecule has 1 N–H and O–H groups in total. The summed E-state index contributed by atoms with van der Waals surface area (Å²) in [6.07, 6.45) is 0.407. The van der Waals surface area contributed by atoms with E-state index in [1.807, 2.05) is 13.0 Å². The topological polar surface area (TPSA) is 76.1 Å². The number of Topliss-reactive ketones (excluding diaryl/α,β-unsaturated/α-hetero) is 1. The van der Waals surface area contributed by atoms with Gasteiger partial charge in [-0.2, -0.15) is 0 Å². The van der Waals surface area contributed by atoms with E-state index in [4.69, 9.17) is 9.47 Å². The Hall–Kier alpha value is -4.13. The SMILES string of the molecule is COc1ccc(CCN2C(=O)C(=O)C(=C(O)c3ccc(C)cc3)[C@@H]2c2cccc(F)c2)cc1OC. The Balaban J connectivity index is 1.74. The lowest BCUT2D eigenvalue weighted by molar-refractivity contribution is -0.139. The number of halogens is 1. The predicted octanol–water partition coefficient (Wildman–Crippen LogP) is 4.82. The van der Waals surface area contributed by atoms with Crippen LogP contribution >= 0.6 is 0 Å². The number of benzene rings is 3. The van der Waals surface area contributed by atoms with Crippen molar-refractivity contribution in [2.45, 2.75) is 19.4 Å². The van der Waals surface area contributed by atoms with Gasteiger partial charge >= 0.3 is 0 Å². The van der Waals surface area contributed by atoms with Crippen molar-refractivity contribution < 1.29 is 28.6 Å². The standard InChI is InChI=1S/C28H26FNO5/c1-17-7-10-19(11-8-17)26(31)24-25(20-5-4-6-21(29)16-20)30(28(33)27(24)32)14-13-18-9-12-22(34-2)23(15-18)35-3/h4-12,15-16,25,31H,13-14H2,1-3H3/t25-/m0/s1. The molecule has 0 aromatic heterocycles. The zero-order chi connectivity index (χ0) is 25.1. The second-order valence-corrected chi connectivity index (χ2v) is 8.35. The van der Waals surface area contributed by atoms with Gasteiger partial charge in [0.05, 0.1) is 25.8 Å². The maximum atomic E-state index is 14.2. The van der Waals surface area contributed by atoms with E-state index in [0.717, 1.165) is 11.1 Å². The molecule has 35 heavy (non-hydrogen) atoms. The number of hydrogen-bond acceptors (Lipinski definition) is 5. The average Bonchev–Trinajstić information content (AvgIpc) is 3.12. The molecule has 1 heterocycles. The van der Waals surface area contributed by atoms with Crippen LogP contribution in [-0.4, -0.2) is 42.5 Å². The number of amides is 1. The minimum absolute atomic E-state index is 0.0586. The number of aliphatic hydroxyl groups is 1. The van der Waals surface area contributed by atoms with Crippen LogP contribution in [0.25, 0.3) is 5.76 Å². The molecule has 3 aromatic carbocycles. The van der Waals surface area contributed by atoms with Gasteiger partial charge in [0.2, 0.25) is 0 Å². The molecule has 1 fully saturated rings. The molecule has 0 aliphatic carbocycles. The fourth-order valence-electron chi connectivity index (χ4n) is 4.29. The van der Waals surface area contributed by atoms with Crippen LogP contribution in [0, 0.1) is 12.7 Å². The molecule has 7 heteroatoms. The van der Waals surface area contributed by atoms with Gasteiger partial charge in [-0.15, -0.1) is 0 Å². The van der Waals surface area contributed by atoms with E-state index in [1.165, 1.54) is 30.2 Å². The molecule has 1 aliphatic heterocycles. The van der Waals surface area contributed by atoms with Crippen molar-refractivity contribution in [3.05, 3.63) is 100 Å². The van der Waals surface area contributed by atoms with Crippen molar-refractivity contribution in [3.63, 3.8) is 0 Å². The third-order valence-electron chi connectivity index (χ3n) is 6.12. The fourth-order valence-corrected chi connectivity index (χ4v) is 4.29. The van der Waals surface area contributed by atoms with Crippen LogP contribution in [-0.2, 0) is 16.0 Å². The molecule has 6 nitrogen and oxygen atoms in total. The molecular weight excluding hydrogens is 449 g/mol.